The highest BCUT2D eigenvalue weighted by atomic mass is 32.2. The van der Waals surface area contributed by atoms with Gasteiger partial charge in [-0.1, -0.05) is 71.9 Å². The van der Waals surface area contributed by atoms with Crippen molar-refractivity contribution in [2.45, 2.75) is 12.1 Å². The minimum atomic E-state index is -0.270. The lowest BCUT2D eigenvalue weighted by molar-refractivity contribution is -0.113. The monoisotopic (exact) mass is 429 g/mol. The molecule has 154 valence electrons. The van der Waals surface area contributed by atoms with Gasteiger partial charge in [0.2, 0.25) is 11.8 Å². The maximum Gasteiger partial charge on any atom is 0.277 e. The first-order valence-corrected chi connectivity index (χ1v) is 10.6. The normalized spacial score (nSPS) is 10.6. The minimum absolute atomic E-state index is 0.0727. The molecule has 4 aromatic rings. The fourth-order valence-corrected chi connectivity index (χ4v) is 3.57. The summed E-state index contributed by atoms with van der Waals surface area (Å²) in [6, 6.07) is 23.7. The van der Waals surface area contributed by atoms with Crippen molar-refractivity contribution in [1.29, 1.82) is 0 Å². The first kappa shape index (κ1) is 20.6. The van der Waals surface area contributed by atoms with Crippen LogP contribution in [0.25, 0.3) is 11.5 Å². The average molecular weight is 430 g/mol. The largest absolute Gasteiger partial charge is 0.411 e. The van der Waals surface area contributed by atoms with Gasteiger partial charge in [0, 0.05) is 16.7 Å². The van der Waals surface area contributed by atoms with Crippen LogP contribution in [0.15, 0.2) is 88.5 Å². The van der Waals surface area contributed by atoms with E-state index in [-0.39, 0.29) is 17.4 Å². The van der Waals surface area contributed by atoms with E-state index in [1.165, 1.54) is 0 Å². The molecule has 1 heterocycles. The van der Waals surface area contributed by atoms with Crippen molar-refractivity contribution in [2.75, 3.05) is 11.1 Å². The number of thioether (sulfide) groups is 1. The van der Waals surface area contributed by atoms with Crippen molar-refractivity contribution in [2.24, 2.45) is 0 Å². The number of nitrogens with zero attached hydrogens (tertiary/aromatic N) is 2. The van der Waals surface area contributed by atoms with Crippen molar-refractivity contribution in [3.63, 3.8) is 0 Å². The lowest BCUT2D eigenvalue weighted by Crippen LogP contribution is -2.17. The van der Waals surface area contributed by atoms with Crippen molar-refractivity contribution >= 4 is 29.1 Å². The van der Waals surface area contributed by atoms with Crippen LogP contribution in [0.2, 0.25) is 0 Å². The Labute approximate surface area is 183 Å². The molecule has 0 aliphatic rings. The third kappa shape index (κ3) is 5.07. The van der Waals surface area contributed by atoms with Gasteiger partial charge >= 0.3 is 0 Å². The van der Waals surface area contributed by atoms with Gasteiger partial charge < -0.3 is 9.73 Å². The summed E-state index contributed by atoms with van der Waals surface area (Å²) < 4.78 is 5.65. The van der Waals surface area contributed by atoms with E-state index in [0.717, 1.165) is 22.9 Å². The second-order valence-corrected chi connectivity index (χ2v) is 7.75. The summed E-state index contributed by atoms with van der Waals surface area (Å²) in [5.41, 5.74) is 3.39. The smallest absolute Gasteiger partial charge is 0.277 e. The van der Waals surface area contributed by atoms with E-state index in [1.807, 2.05) is 37.3 Å². The quantitative estimate of drug-likeness (QED) is 0.328. The van der Waals surface area contributed by atoms with Gasteiger partial charge in [-0.3, -0.25) is 9.59 Å². The molecule has 0 bridgehead atoms. The summed E-state index contributed by atoms with van der Waals surface area (Å²) >= 11 is 1.14. The number of amides is 1. The second kappa shape index (κ2) is 9.40. The van der Waals surface area contributed by atoms with Crippen LogP contribution in [0, 0.1) is 6.92 Å². The summed E-state index contributed by atoms with van der Waals surface area (Å²) in [5.74, 6) is 0.0615. The Morgan fingerprint density at radius 3 is 2.52 bits per heavy atom. The molecule has 7 heteroatoms. The van der Waals surface area contributed by atoms with Crippen LogP contribution in [0.4, 0.5) is 5.69 Å². The number of anilines is 1. The minimum Gasteiger partial charge on any atom is -0.411 e. The lowest BCUT2D eigenvalue weighted by atomic mass is 10.0. The van der Waals surface area contributed by atoms with E-state index in [1.54, 1.807) is 48.5 Å². The molecule has 0 saturated carbocycles. The molecule has 0 aliphatic heterocycles. The molecule has 31 heavy (non-hydrogen) atoms. The van der Waals surface area contributed by atoms with Gasteiger partial charge in [-0.05, 0) is 31.2 Å². The number of aryl methyl sites for hydroxylation is 1. The molecule has 0 unspecified atom stereocenters. The Bertz CT molecular complexity index is 1220. The van der Waals surface area contributed by atoms with E-state index >= 15 is 0 Å². The molecule has 4 rings (SSSR count). The van der Waals surface area contributed by atoms with E-state index in [9.17, 15) is 9.59 Å². The summed E-state index contributed by atoms with van der Waals surface area (Å²) in [7, 11) is 0. The number of para-hydroxylation sites is 1. The van der Waals surface area contributed by atoms with E-state index in [4.69, 9.17) is 4.42 Å². The molecule has 0 spiro atoms. The number of carbonyl (C=O) groups excluding carboxylic acids is 2. The molecular formula is C24H19N3O3S. The van der Waals surface area contributed by atoms with Crippen LogP contribution in [-0.2, 0) is 4.79 Å². The van der Waals surface area contributed by atoms with Crippen molar-refractivity contribution < 1.29 is 14.0 Å². The predicted octanol–water partition coefficient (Wildman–Crippen LogP) is 5.01. The molecule has 3 aromatic carbocycles. The third-order valence-electron chi connectivity index (χ3n) is 4.48. The highest BCUT2D eigenvalue weighted by Gasteiger charge is 2.16. The van der Waals surface area contributed by atoms with E-state index in [2.05, 4.69) is 15.5 Å². The van der Waals surface area contributed by atoms with Gasteiger partial charge in [-0.25, -0.2) is 0 Å². The fraction of sp³-hybridized carbons (Fsp3) is 0.0833. The number of nitrogens with one attached hydrogen (secondary N) is 1. The SMILES string of the molecule is Cc1cccc(-c2nnc(SCC(=O)Nc3ccccc3C(=O)c3ccccc3)o2)c1. The summed E-state index contributed by atoms with van der Waals surface area (Å²) in [6.07, 6.45) is 0. The summed E-state index contributed by atoms with van der Waals surface area (Å²) in [6.45, 7) is 1.99. The van der Waals surface area contributed by atoms with Crippen molar-refractivity contribution in [3.05, 3.63) is 95.6 Å². The van der Waals surface area contributed by atoms with Gasteiger partial charge in [-0.2, -0.15) is 0 Å². The van der Waals surface area contributed by atoms with E-state index in [0.29, 0.717) is 27.9 Å². The molecule has 6 nitrogen and oxygen atoms in total. The molecule has 1 N–H and O–H groups in total. The van der Waals surface area contributed by atoms with Crippen LogP contribution in [-0.4, -0.2) is 27.6 Å². The molecule has 1 aromatic heterocycles. The van der Waals surface area contributed by atoms with Crippen molar-refractivity contribution in [3.8, 4) is 11.5 Å². The molecule has 0 fully saturated rings. The Hall–Kier alpha value is -3.71. The maximum atomic E-state index is 12.8. The summed E-state index contributed by atoms with van der Waals surface area (Å²) in [5, 5.41) is 11.2. The third-order valence-corrected chi connectivity index (χ3v) is 5.30. The molecule has 0 saturated heterocycles. The zero-order valence-corrected chi connectivity index (χ0v) is 17.6. The Morgan fingerprint density at radius 2 is 1.71 bits per heavy atom. The highest BCUT2D eigenvalue weighted by molar-refractivity contribution is 7.99. The zero-order valence-electron chi connectivity index (χ0n) is 16.7. The van der Waals surface area contributed by atoms with Crippen molar-refractivity contribution in [1.82, 2.24) is 10.2 Å². The molecule has 1 amide bonds. The first-order valence-electron chi connectivity index (χ1n) is 9.62. The molecule has 0 radical (unpaired) electrons. The van der Waals surface area contributed by atoms with Gasteiger partial charge in [-0.15, -0.1) is 10.2 Å². The number of hydrogen-bond acceptors (Lipinski definition) is 6. The number of ketones is 1. The van der Waals surface area contributed by atoms with Crippen LogP contribution >= 0.6 is 11.8 Å². The Balaban J connectivity index is 1.41. The Morgan fingerprint density at radius 1 is 0.935 bits per heavy atom. The lowest BCUT2D eigenvalue weighted by Gasteiger charge is -2.10. The number of benzene rings is 3. The fourth-order valence-electron chi connectivity index (χ4n) is 3.01. The number of rotatable bonds is 7. The van der Waals surface area contributed by atoms with Crippen LogP contribution < -0.4 is 5.32 Å². The van der Waals surface area contributed by atoms with Crippen LogP contribution in [0.5, 0.6) is 0 Å². The standard InChI is InChI=1S/C24H19N3O3S/c1-16-8-7-11-18(14-16)23-26-27-24(30-23)31-15-21(28)25-20-13-6-5-12-19(20)22(29)17-9-3-2-4-10-17/h2-14H,15H2,1H3,(H,25,28). The predicted molar refractivity (Wildman–Crippen MR) is 120 cm³/mol. The number of aromatic nitrogens is 2. The van der Waals surface area contributed by atoms with Gasteiger partial charge in [0.15, 0.2) is 5.78 Å². The van der Waals surface area contributed by atoms with Gasteiger partial charge in [0.25, 0.3) is 5.22 Å². The van der Waals surface area contributed by atoms with Crippen LogP contribution in [0.3, 0.4) is 0 Å². The number of carbonyl (C=O) groups is 2. The summed E-state index contributed by atoms with van der Waals surface area (Å²) in [4.78, 5) is 25.3. The first-order chi connectivity index (χ1) is 15.1. The topological polar surface area (TPSA) is 85.1 Å². The van der Waals surface area contributed by atoms with E-state index < -0.39 is 0 Å². The maximum absolute atomic E-state index is 12.8. The molecule has 0 aliphatic carbocycles. The molecule has 0 atom stereocenters. The van der Waals surface area contributed by atoms with Crippen LogP contribution in [0.1, 0.15) is 21.5 Å². The van der Waals surface area contributed by atoms with Gasteiger partial charge in [0.1, 0.15) is 0 Å². The average Bonchev–Trinajstić information content (AvgIpc) is 3.27. The zero-order chi connectivity index (χ0) is 21.6. The molecular weight excluding hydrogens is 410 g/mol. The Kier molecular flexibility index (Phi) is 6.24. The highest BCUT2D eigenvalue weighted by Crippen LogP contribution is 2.24. The second-order valence-electron chi connectivity index (χ2n) is 6.82. The van der Waals surface area contributed by atoms with Gasteiger partial charge in [0.05, 0.1) is 11.4 Å². The number of hydrogen-bond donors (Lipinski definition) is 1.